The monoisotopic (exact) mass is 285 g/mol. The molecule has 0 spiro atoms. The molecular weight excluding hydrogens is 267 g/mol. The van der Waals surface area contributed by atoms with Crippen LogP contribution in [-0.2, 0) is 11.3 Å². The average molecular weight is 285 g/mol. The minimum Gasteiger partial charge on any atom is -0.352 e. The van der Waals surface area contributed by atoms with E-state index in [0.29, 0.717) is 19.4 Å². The van der Waals surface area contributed by atoms with Crippen molar-refractivity contribution in [3.8, 4) is 0 Å². The summed E-state index contributed by atoms with van der Waals surface area (Å²) in [6, 6.07) is 9.35. The zero-order valence-electron chi connectivity index (χ0n) is 11.1. The first kappa shape index (κ1) is 14.9. The molecule has 1 aromatic carbocycles. The number of benzene rings is 1. The highest BCUT2D eigenvalue weighted by Crippen LogP contribution is 2.39. The van der Waals surface area contributed by atoms with Crippen LogP contribution in [0, 0.1) is 11.8 Å². The fraction of sp³-hybridized carbons (Fsp3) is 0.533. The third kappa shape index (κ3) is 3.99. The van der Waals surface area contributed by atoms with E-state index in [1.807, 2.05) is 30.3 Å². The summed E-state index contributed by atoms with van der Waals surface area (Å²) in [5.74, 6) is -2.11. The van der Waals surface area contributed by atoms with Gasteiger partial charge in [-0.2, -0.15) is 13.2 Å². The van der Waals surface area contributed by atoms with E-state index < -0.39 is 18.0 Å². The highest BCUT2D eigenvalue weighted by atomic mass is 19.4. The lowest BCUT2D eigenvalue weighted by Gasteiger charge is -2.29. The lowest BCUT2D eigenvalue weighted by atomic mass is 9.80. The molecule has 20 heavy (non-hydrogen) atoms. The number of carbonyl (C=O) groups excluding carboxylic acids is 1. The van der Waals surface area contributed by atoms with E-state index in [9.17, 15) is 18.0 Å². The number of alkyl halides is 3. The van der Waals surface area contributed by atoms with E-state index in [4.69, 9.17) is 0 Å². The van der Waals surface area contributed by atoms with Gasteiger partial charge in [0.15, 0.2) is 0 Å². The molecule has 0 radical (unpaired) electrons. The Morgan fingerprint density at radius 2 is 1.90 bits per heavy atom. The Hall–Kier alpha value is -1.52. The fourth-order valence-electron chi connectivity index (χ4n) is 2.65. The number of carbonyl (C=O) groups is 1. The van der Waals surface area contributed by atoms with Crippen LogP contribution in [0.2, 0.25) is 0 Å². The molecule has 1 aliphatic carbocycles. The number of nitrogens with one attached hydrogen (secondary N) is 1. The summed E-state index contributed by atoms with van der Waals surface area (Å²) in [6.45, 7) is 0.368. The number of amides is 1. The highest BCUT2D eigenvalue weighted by molar-refractivity contribution is 5.78. The third-order valence-electron chi connectivity index (χ3n) is 3.82. The summed E-state index contributed by atoms with van der Waals surface area (Å²) in [4.78, 5) is 12.0. The molecule has 2 atom stereocenters. The third-order valence-corrected chi connectivity index (χ3v) is 3.82. The van der Waals surface area contributed by atoms with E-state index in [2.05, 4.69) is 5.32 Å². The van der Waals surface area contributed by atoms with Gasteiger partial charge < -0.3 is 5.32 Å². The molecule has 0 heterocycles. The van der Waals surface area contributed by atoms with Crippen molar-refractivity contribution in [2.24, 2.45) is 11.8 Å². The Balaban J connectivity index is 1.86. The van der Waals surface area contributed by atoms with Crippen LogP contribution in [0.15, 0.2) is 30.3 Å². The molecule has 1 fully saturated rings. The van der Waals surface area contributed by atoms with Crippen LogP contribution in [-0.4, -0.2) is 12.1 Å². The van der Waals surface area contributed by atoms with Crippen LogP contribution >= 0.6 is 0 Å². The van der Waals surface area contributed by atoms with Crippen LogP contribution in [0.5, 0.6) is 0 Å². The lowest BCUT2D eigenvalue weighted by Crippen LogP contribution is -2.37. The first-order valence-electron chi connectivity index (χ1n) is 6.85. The van der Waals surface area contributed by atoms with Crippen molar-refractivity contribution in [3.63, 3.8) is 0 Å². The lowest BCUT2D eigenvalue weighted by molar-refractivity contribution is -0.186. The minimum atomic E-state index is -4.18. The smallest absolute Gasteiger partial charge is 0.352 e. The summed E-state index contributed by atoms with van der Waals surface area (Å²) in [6.07, 6.45) is -3.10. The Kier molecular flexibility index (Phi) is 4.68. The van der Waals surface area contributed by atoms with Crippen LogP contribution in [0.25, 0.3) is 0 Å². The summed E-state index contributed by atoms with van der Waals surface area (Å²) in [5, 5.41) is 2.73. The number of hydrogen-bond donors (Lipinski definition) is 1. The maximum absolute atomic E-state index is 12.7. The molecule has 1 unspecified atom stereocenters. The summed E-state index contributed by atoms with van der Waals surface area (Å²) >= 11 is 0. The molecule has 110 valence electrons. The second kappa shape index (κ2) is 6.29. The van der Waals surface area contributed by atoms with E-state index in [-0.39, 0.29) is 18.7 Å². The Labute approximate surface area is 116 Å². The van der Waals surface area contributed by atoms with Gasteiger partial charge in [0.25, 0.3) is 0 Å². The van der Waals surface area contributed by atoms with Gasteiger partial charge in [0.05, 0.1) is 5.92 Å². The first-order valence-corrected chi connectivity index (χ1v) is 6.85. The molecule has 2 nitrogen and oxygen atoms in total. The predicted octanol–water partition coefficient (Wildman–Crippen LogP) is 3.67. The van der Waals surface area contributed by atoms with E-state index in [0.717, 1.165) is 5.56 Å². The molecule has 1 amide bonds. The molecule has 1 aliphatic rings. The maximum Gasteiger partial charge on any atom is 0.391 e. The molecule has 1 saturated carbocycles. The molecular formula is C15H18F3NO. The normalized spacial score (nSPS) is 23.4. The Morgan fingerprint density at radius 1 is 1.20 bits per heavy atom. The van der Waals surface area contributed by atoms with Gasteiger partial charge in [-0.3, -0.25) is 4.79 Å². The van der Waals surface area contributed by atoms with Crippen molar-refractivity contribution in [1.29, 1.82) is 0 Å². The van der Waals surface area contributed by atoms with Gasteiger partial charge in [0, 0.05) is 12.5 Å². The van der Waals surface area contributed by atoms with Crippen LogP contribution in [0.3, 0.4) is 0 Å². The van der Waals surface area contributed by atoms with Crippen LogP contribution in [0.4, 0.5) is 13.2 Å². The van der Waals surface area contributed by atoms with Crippen LogP contribution < -0.4 is 5.32 Å². The van der Waals surface area contributed by atoms with Crippen molar-refractivity contribution < 1.29 is 18.0 Å². The fourth-order valence-corrected chi connectivity index (χ4v) is 2.65. The van der Waals surface area contributed by atoms with E-state index in [1.54, 1.807) is 0 Å². The molecule has 0 aliphatic heterocycles. The van der Waals surface area contributed by atoms with Gasteiger partial charge in [-0.05, 0) is 24.8 Å². The van der Waals surface area contributed by atoms with Gasteiger partial charge in [-0.1, -0.05) is 36.8 Å². The zero-order valence-corrected chi connectivity index (χ0v) is 11.1. The number of rotatable bonds is 3. The van der Waals surface area contributed by atoms with Gasteiger partial charge in [0.2, 0.25) is 5.91 Å². The second-order valence-electron chi connectivity index (χ2n) is 5.31. The summed E-state index contributed by atoms with van der Waals surface area (Å²) < 4.78 is 38.1. The van der Waals surface area contributed by atoms with Crippen LogP contribution in [0.1, 0.15) is 31.2 Å². The van der Waals surface area contributed by atoms with Crippen molar-refractivity contribution >= 4 is 5.91 Å². The highest BCUT2D eigenvalue weighted by Gasteiger charge is 2.43. The Bertz CT molecular complexity index is 444. The molecule has 1 N–H and O–H groups in total. The SMILES string of the molecule is O=C(NCc1ccccc1)C1CCC[C@H](C(F)(F)F)C1. The topological polar surface area (TPSA) is 29.1 Å². The number of halogens is 3. The second-order valence-corrected chi connectivity index (χ2v) is 5.31. The first-order chi connectivity index (χ1) is 9.47. The van der Waals surface area contributed by atoms with Gasteiger partial charge in [-0.25, -0.2) is 0 Å². The van der Waals surface area contributed by atoms with Crippen molar-refractivity contribution in [1.82, 2.24) is 5.32 Å². The van der Waals surface area contributed by atoms with E-state index in [1.165, 1.54) is 0 Å². The van der Waals surface area contributed by atoms with Gasteiger partial charge in [0.1, 0.15) is 0 Å². The molecule has 5 heteroatoms. The average Bonchev–Trinajstić information content (AvgIpc) is 2.45. The van der Waals surface area contributed by atoms with Gasteiger partial charge >= 0.3 is 6.18 Å². The molecule has 0 bridgehead atoms. The standard InChI is InChI=1S/C15H18F3NO/c16-15(17,18)13-8-4-7-12(9-13)14(20)19-10-11-5-2-1-3-6-11/h1-3,5-6,12-13H,4,7-10H2,(H,19,20)/t12?,13-/m0/s1. The Morgan fingerprint density at radius 3 is 2.55 bits per heavy atom. The van der Waals surface area contributed by atoms with Crippen molar-refractivity contribution in [2.75, 3.05) is 0 Å². The zero-order chi connectivity index (χ0) is 14.6. The van der Waals surface area contributed by atoms with Crippen molar-refractivity contribution in [2.45, 2.75) is 38.4 Å². The summed E-state index contributed by atoms with van der Waals surface area (Å²) in [7, 11) is 0. The van der Waals surface area contributed by atoms with Crippen molar-refractivity contribution in [3.05, 3.63) is 35.9 Å². The molecule has 1 aromatic rings. The summed E-state index contributed by atoms with van der Waals surface area (Å²) in [5.41, 5.74) is 0.948. The minimum absolute atomic E-state index is 0.0792. The predicted molar refractivity (Wildman–Crippen MR) is 69.8 cm³/mol. The quantitative estimate of drug-likeness (QED) is 0.902. The largest absolute Gasteiger partial charge is 0.391 e. The van der Waals surface area contributed by atoms with Gasteiger partial charge in [-0.15, -0.1) is 0 Å². The number of hydrogen-bond acceptors (Lipinski definition) is 1. The molecule has 0 saturated heterocycles. The maximum atomic E-state index is 12.7. The molecule has 2 rings (SSSR count). The molecule has 0 aromatic heterocycles. The van der Waals surface area contributed by atoms with E-state index >= 15 is 0 Å².